The summed E-state index contributed by atoms with van der Waals surface area (Å²) < 4.78 is 0. The van der Waals surface area contributed by atoms with Gasteiger partial charge >= 0.3 is 0 Å². The van der Waals surface area contributed by atoms with E-state index in [9.17, 15) is 0 Å². The molecule has 9 heavy (non-hydrogen) atoms. The highest BCUT2D eigenvalue weighted by Crippen LogP contribution is 1.96. The zero-order chi connectivity index (χ0) is 7.28. The minimum absolute atomic E-state index is 0.505. The summed E-state index contributed by atoms with van der Waals surface area (Å²) in [6.45, 7) is 9.87. The van der Waals surface area contributed by atoms with Gasteiger partial charge in [0.15, 0.2) is 0 Å². The molecule has 1 atom stereocenters. The van der Waals surface area contributed by atoms with Crippen molar-refractivity contribution in [3.63, 3.8) is 0 Å². The molecule has 0 aromatic heterocycles. The van der Waals surface area contributed by atoms with E-state index in [1.54, 1.807) is 0 Å². The predicted molar refractivity (Wildman–Crippen MR) is 46.2 cm³/mol. The SMILES string of the molecule is CCN(CC)C[C@@H](C)S. The molecule has 2 heteroatoms. The second kappa shape index (κ2) is 5.12. The van der Waals surface area contributed by atoms with Gasteiger partial charge in [0.1, 0.15) is 0 Å². The molecule has 1 nitrogen and oxygen atoms in total. The molecule has 0 bridgehead atoms. The van der Waals surface area contributed by atoms with Crippen molar-refractivity contribution in [2.45, 2.75) is 26.0 Å². The molecule has 0 amide bonds. The summed E-state index contributed by atoms with van der Waals surface area (Å²) in [6.07, 6.45) is 0. The first-order valence-electron chi connectivity index (χ1n) is 3.61. The molecule has 0 saturated heterocycles. The summed E-state index contributed by atoms with van der Waals surface area (Å²) in [6, 6.07) is 0. The fourth-order valence-electron chi connectivity index (χ4n) is 0.855. The fraction of sp³-hybridized carbons (Fsp3) is 1.00. The van der Waals surface area contributed by atoms with E-state index in [1.165, 1.54) is 0 Å². The molecule has 0 rings (SSSR count). The van der Waals surface area contributed by atoms with E-state index in [4.69, 9.17) is 0 Å². The van der Waals surface area contributed by atoms with Gasteiger partial charge in [-0.25, -0.2) is 0 Å². The lowest BCUT2D eigenvalue weighted by Crippen LogP contribution is -2.28. The third-order valence-corrected chi connectivity index (χ3v) is 1.58. The lowest BCUT2D eigenvalue weighted by molar-refractivity contribution is 0.308. The Morgan fingerprint density at radius 3 is 1.89 bits per heavy atom. The smallest absolute Gasteiger partial charge is 0.0116 e. The first-order valence-corrected chi connectivity index (χ1v) is 4.12. The van der Waals surface area contributed by atoms with Gasteiger partial charge in [0.2, 0.25) is 0 Å². The van der Waals surface area contributed by atoms with Crippen LogP contribution in [0.15, 0.2) is 0 Å². The van der Waals surface area contributed by atoms with Crippen molar-refractivity contribution >= 4 is 12.6 Å². The molecule has 0 aliphatic heterocycles. The number of thiol groups is 1. The molecule has 0 heterocycles. The largest absolute Gasteiger partial charge is 0.303 e. The molecule has 0 aromatic rings. The van der Waals surface area contributed by atoms with E-state index in [1.807, 2.05) is 0 Å². The highest BCUT2D eigenvalue weighted by atomic mass is 32.1. The third kappa shape index (κ3) is 4.79. The number of nitrogens with zero attached hydrogens (tertiary/aromatic N) is 1. The maximum Gasteiger partial charge on any atom is 0.0116 e. The van der Waals surface area contributed by atoms with Gasteiger partial charge in [-0.15, -0.1) is 0 Å². The second-order valence-corrected chi connectivity index (χ2v) is 3.22. The molecule has 0 fully saturated rings. The first-order chi connectivity index (χ1) is 4.20. The van der Waals surface area contributed by atoms with Crippen LogP contribution in [0.1, 0.15) is 20.8 Å². The minimum Gasteiger partial charge on any atom is -0.303 e. The first kappa shape index (κ1) is 9.31. The van der Waals surface area contributed by atoms with E-state index >= 15 is 0 Å². The quantitative estimate of drug-likeness (QED) is 0.592. The van der Waals surface area contributed by atoms with Crippen molar-refractivity contribution in [1.29, 1.82) is 0 Å². The third-order valence-electron chi connectivity index (χ3n) is 1.42. The van der Waals surface area contributed by atoms with Gasteiger partial charge < -0.3 is 4.90 Å². The number of hydrogen-bond donors (Lipinski definition) is 1. The van der Waals surface area contributed by atoms with Crippen molar-refractivity contribution in [3.05, 3.63) is 0 Å². The average Bonchev–Trinajstić information content (AvgIpc) is 1.82. The summed E-state index contributed by atoms with van der Waals surface area (Å²) in [4.78, 5) is 2.37. The van der Waals surface area contributed by atoms with Crippen LogP contribution in [-0.2, 0) is 0 Å². The molecule has 0 aliphatic rings. The van der Waals surface area contributed by atoms with Crippen LogP contribution in [0.5, 0.6) is 0 Å². The Morgan fingerprint density at radius 2 is 1.78 bits per heavy atom. The van der Waals surface area contributed by atoms with Gasteiger partial charge in [0.25, 0.3) is 0 Å². The molecule has 0 saturated carbocycles. The number of hydrogen-bond acceptors (Lipinski definition) is 2. The fourth-order valence-corrected chi connectivity index (χ4v) is 1.09. The molecule has 0 radical (unpaired) electrons. The van der Waals surface area contributed by atoms with Crippen LogP contribution < -0.4 is 0 Å². The highest BCUT2D eigenvalue weighted by molar-refractivity contribution is 7.80. The van der Waals surface area contributed by atoms with Crippen molar-refractivity contribution in [2.24, 2.45) is 0 Å². The standard InChI is InChI=1S/C7H17NS/c1-4-8(5-2)6-7(3)9/h7,9H,4-6H2,1-3H3/t7-/m1/s1. The normalized spacial score (nSPS) is 14.3. The number of rotatable bonds is 4. The maximum atomic E-state index is 4.30. The predicted octanol–water partition coefficient (Wildman–Crippen LogP) is 1.65. The lowest BCUT2D eigenvalue weighted by atomic mass is 10.4. The zero-order valence-corrected chi connectivity index (χ0v) is 7.49. The van der Waals surface area contributed by atoms with Crippen LogP contribution in [0.3, 0.4) is 0 Å². The summed E-state index contributed by atoms with van der Waals surface area (Å²) in [5, 5.41) is 0.505. The van der Waals surface area contributed by atoms with E-state index in [2.05, 4.69) is 38.3 Å². The van der Waals surface area contributed by atoms with Gasteiger partial charge in [-0.05, 0) is 13.1 Å². The van der Waals surface area contributed by atoms with Crippen molar-refractivity contribution in [1.82, 2.24) is 4.90 Å². The van der Waals surface area contributed by atoms with E-state index in [0.29, 0.717) is 5.25 Å². The van der Waals surface area contributed by atoms with Gasteiger partial charge in [-0.3, -0.25) is 0 Å². The Morgan fingerprint density at radius 1 is 1.33 bits per heavy atom. The van der Waals surface area contributed by atoms with Crippen molar-refractivity contribution in [3.8, 4) is 0 Å². The summed E-state index contributed by atoms with van der Waals surface area (Å²) in [5.41, 5.74) is 0. The van der Waals surface area contributed by atoms with E-state index < -0.39 is 0 Å². The topological polar surface area (TPSA) is 3.24 Å². The molecule has 56 valence electrons. The van der Waals surface area contributed by atoms with Crippen LogP contribution in [0.4, 0.5) is 0 Å². The van der Waals surface area contributed by atoms with Crippen LogP contribution in [0.25, 0.3) is 0 Å². The van der Waals surface area contributed by atoms with Crippen molar-refractivity contribution in [2.75, 3.05) is 19.6 Å². The van der Waals surface area contributed by atoms with E-state index in [-0.39, 0.29) is 0 Å². The Bertz CT molecular complexity index is 59.9. The molecule has 0 spiro atoms. The van der Waals surface area contributed by atoms with Gasteiger partial charge in [0, 0.05) is 11.8 Å². The monoisotopic (exact) mass is 147 g/mol. The van der Waals surface area contributed by atoms with Gasteiger partial charge in [-0.1, -0.05) is 20.8 Å². The molecular formula is C7H17NS. The molecule has 0 N–H and O–H groups in total. The van der Waals surface area contributed by atoms with Gasteiger partial charge in [-0.2, -0.15) is 12.6 Å². The molecular weight excluding hydrogens is 130 g/mol. The summed E-state index contributed by atoms with van der Waals surface area (Å²) in [5.74, 6) is 0. The van der Waals surface area contributed by atoms with Crippen LogP contribution in [0.2, 0.25) is 0 Å². The molecule has 0 unspecified atom stereocenters. The summed E-state index contributed by atoms with van der Waals surface area (Å²) >= 11 is 4.30. The Balaban J connectivity index is 3.31. The van der Waals surface area contributed by atoms with Crippen LogP contribution in [-0.4, -0.2) is 29.8 Å². The van der Waals surface area contributed by atoms with Crippen molar-refractivity contribution < 1.29 is 0 Å². The van der Waals surface area contributed by atoms with Crippen LogP contribution in [0, 0.1) is 0 Å². The Kier molecular flexibility index (Phi) is 5.30. The lowest BCUT2D eigenvalue weighted by Gasteiger charge is -2.19. The summed E-state index contributed by atoms with van der Waals surface area (Å²) in [7, 11) is 0. The average molecular weight is 147 g/mol. The maximum absolute atomic E-state index is 4.30. The van der Waals surface area contributed by atoms with Crippen LogP contribution >= 0.6 is 12.6 Å². The molecule has 0 aliphatic carbocycles. The molecule has 0 aromatic carbocycles. The zero-order valence-electron chi connectivity index (χ0n) is 6.59. The Hall–Kier alpha value is 0.310. The Labute approximate surface area is 63.8 Å². The second-order valence-electron chi connectivity index (χ2n) is 2.33. The van der Waals surface area contributed by atoms with E-state index in [0.717, 1.165) is 19.6 Å². The van der Waals surface area contributed by atoms with Gasteiger partial charge in [0.05, 0.1) is 0 Å². The highest BCUT2D eigenvalue weighted by Gasteiger charge is 2.00. The minimum atomic E-state index is 0.505.